The zero-order valence-corrected chi connectivity index (χ0v) is 18.5. The fourth-order valence-corrected chi connectivity index (χ4v) is 4.65. The number of aliphatic hydroxyl groups excluding tert-OH is 1. The van der Waals surface area contributed by atoms with Gasteiger partial charge in [-0.15, -0.1) is 0 Å². The van der Waals surface area contributed by atoms with E-state index >= 15 is 0 Å². The second-order valence-electron chi connectivity index (χ2n) is 7.69. The lowest BCUT2D eigenvalue weighted by Gasteiger charge is -2.34. The number of β-amino-alcohol motifs (C(OH)–C–C–N with tert-alkyl or cyclic N) is 1. The van der Waals surface area contributed by atoms with Crippen molar-refractivity contribution in [3.63, 3.8) is 0 Å². The molecule has 1 fully saturated rings. The van der Waals surface area contributed by atoms with Gasteiger partial charge in [0.25, 0.3) is 0 Å². The summed E-state index contributed by atoms with van der Waals surface area (Å²) in [5, 5.41) is 21.2. The van der Waals surface area contributed by atoms with Crippen molar-refractivity contribution in [1.29, 1.82) is 0 Å². The maximum absolute atomic E-state index is 13.0. The SMILES string of the molecule is [2H]c1cccc(Cl)c1-c1cc(=O)c2c(O)cc(OP(=O)(O)O)c(C3CCN(C)CC3O)c2o1. The molecule has 32 heavy (non-hydrogen) atoms. The topological polar surface area (TPSA) is 141 Å². The summed E-state index contributed by atoms with van der Waals surface area (Å²) in [5.74, 6) is -1.80. The zero-order valence-electron chi connectivity index (χ0n) is 17.9. The molecule has 4 rings (SSSR count). The fraction of sp³-hybridized carbons (Fsp3) is 0.286. The summed E-state index contributed by atoms with van der Waals surface area (Å²) in [6.45, 7) is 0.804. The van der Waals surface area contributed by atoms with Crippen LogP contribution in [0, 0.1) is 0 Å². The molecule has 1 aliphatic rings. The van der Waals surface area contributed by atoms with Crippen LogP contribution in [-0.4, -0.2) is 51.1 Å². The van der Waals surface area contributed by atoms with E-state index in [1.165, 1.54) is 12.1 Å². The van der Waals surface area contributed by atoms with Gasteiger partial charge < -0.3 is 24.1 Å². The number of aliphatic hydroxyl groups is 1. The van der Waals surface area contributed by atoms with E-state index in [0.29, 0.717) is 13.0 Å². The summed E-state index contributed by atoms with van der Waals surface area (Å²) in [4.78, 5) is 33.7. The first-order valence-corrected chi connectivity index (χ1v) is 11.6. The normalized spacial score (nSPS) is 20.3. The van der Waals surface area contributed by atoms with E-state index in [1.807, 2.05) is 11.9 Å². The van der Waals surface area contributed by atoms with E-state index in [0.717, 1.165) is 12.1 Å². The van der Waals surface area contributed by atoms with Gasteiger partial charge in [-0.1, -0.05) is 23.7 Å². The predicted octanol–water partition coefficient (Wildman–Crippen LogP) is 3.07. The van der Waals surface area contributed by atoms with E-state index < -0.39 is 36.8 Å². The van der Waals surface area contributed by atoms with Crippen LogP contribution in [0.15, 0.2) is 45.6 Å². The van der Waals surface area contributed by atoms with Crippen LogP contribution < -0.4 is 9.95 Å². The molecular formula is C21H21ClNO8P. The number of likely N-dealkylation sites (N-methyl/N-ethyl adjacent to an activating group) is 1. The first-order chi connectivity index (χ1) is 15.5. The van der Waals surface area contributed by atoms with Gasteiger partial charge in [0.1, 0.15) is 28.2 Å². The maximum atomic E-state index is 13.0. The number of piperidine rings is 1. The molecule has 0 aliphatic carbocycles. The van der Waals surface area contributed by atoms with Crippen molar-refractivity contribution in [3.8, 4) is 22.8 Å². The van der Waals surface area contributed by atoms with Gasteiger partial charge in [-0.05, 0) is 32.1 Å². The monoisotopic (exact) mass is 482 g/mol. The number of phosphoric acid groups is 1. The Balaban J connectivity index is 2.07. The molecule has 2 heterocycles. The Hall–Kier alpha value is -2.39. The third kappa shape index (κ3) is 4.41. The quantitative estimate of drug-likeness (QED) is 0.413. The summed E-state index contributed by atoms with van der Waals surface area (Å²) < 4.78 is 30.6. The van der Waals surface area contributed by atoms with Crippen LogP contribution in [0.25, 0.3) is 22.3 Å². The number of hydrogen-bond donors (Lipinski definition) is 4. The van der Waals surface area contributed by atoms with Crippen LogP contribution in [0.4, 0.5) is 0 Å². The number of phenolic OH excluding ortho intramolecular Hbond substituents is 1. The molecule has 0 bridgehead atoms. The van der Waals surface area contributed by atoms with Crippen molar-refractivity contribution in [1.82, 2.24) is 4.90 Å². The fourth-order valence-electron chi connectivity index (χ4n) is 4.02. The number of phosphoric ester groups is 1. The lowest BCUT2D eigenvalue weighted by Crippen LogP contribution is -2.40. The molecule has 4 N–H and O–H groups in total. The molecule has 1 saturated heterocycles. The molecular weight excluding hydrogens is 461 g/mol. The molecule has 0 saturated carbocycles. The average Bonchev–Trinajstić information content (AvgIpc) is 2.67. The molecule has 11 heteroatoms. The van der Waals surface area contributed by atoms with Crippen LogP contribution in [0.3, 0.4) is 0 Å². The minimum Gasteiger partial charge on any atom is -0.507 e. The van der Waals surface area contributed by atoms with Crippen molar-refractivity contribution < 1.29 is 34.9 Å². The molecule has 170 valence electrons. The highest BCUT2D eigenvalue weighted by atomic mass is 35.5. The Morgan fingerprint density at radius 1 is 1.34 bits per heavy atom. The summed E-state index contributed by atoms with van der Waals surface area (Å²) in [6.07, 6.45) is -0.615. The number of halogens is 1. The van der Waals surface area contributed by atoms with E-state index in [9.17, 15) is 29.4 Å². The lowest BCUT2D eigenvalue weighted by atomic mass is 9.85. The summed E-state index contributed by atoms with van der Waals surface area (Å²) in [7, 11) is -3.25. The number of nitrogens with zero attached hydrogens (tertiary/aromatic N) is 1. The molecule has 0 amide bonds. The van der Waals surface area contributed by atoms with Crippen molar-refractivity contribution >= 4 is 30.4 Å². The third-order valence-corrected chi connectivity index (χ3v) is 6.16. The second kappa shape index (κ2) is 8.51. The Bertz CT molecular complexity index is 1320. The molecule has 2 aromatic carbocycles. The van der Waals surface area contributed by atoms with Crippen molar-refractivity contribution in [3.05, 3.63) is 57.2 Å². The van der Waals surface area contributed by atoms with Crippen LogP contribution >= 0.6 is 19.4 Å². The van der Waals surface area contributed by atoms with Gasteiger partial charge in [-0.3, -0.25) is 14.6 Å². The number of benzene rings is 2. The Labute approximate surface area is 189 Å². The number of aromatic hydroxyl groups is 1. The highest BCUT2D eigenvalue weighted by Gasteiger charge is 2.35. The number of fused-ring (bicyclic) bond motifs is 1. The lowest BCUT2D eigenvalue weighted by molar-refractivity contribution is 0.0632. The highest BCUT2D eigenvalue weighted by Crippen LogP contribution is 2.48. The Morgan fingerprint density at radius 3 is 2.75 bits per heavy atom. The van der Waals surface area contributed by atoms with Gasteiger partial charge >= 0.3 is 7.82 Å². The van der Waals surface area contributed by atoms with E-state index in [1.54, 1.807) is 6.07 Å². The van der Waals surface area contributed by atoms with Gasteiger partial charge in [-0.2, -0.15) is 0 Å². The summed E-state index contributed by atoms with van der Waals surface area (Å²) in [5.41, 5.74) is -0.679. The summed E-state index contributed by atoms with van der Waals surface area (Å²) >= 11 is 6.24. The van der Waals surface area contributed by atoms with Crippen molar-refractivity contribution in [2.45, 2.75) is 18.4 Å². The molecule has 0 spiro atoms. The van der Waals surface area contributed by atoms with Gasteiger partial charge in [0.2, 0.25) is 0 Å². The third-order valence-electron chi connectivity index (χ3n) is 5.41. The van der Waals surface area contributed by atoms with Gasteiger partial charge in [0.15, 0.2) is 5.43 Å². The van der Waals surface area contributed by atoms with Gasteiger partial charge in [-0.25, -0.2) is 4.57 Å². The first kappa shape index (κ1) is 21.5. The number of rotatable bonds is 4. The minimum atomic E-state index is -5.07. The minimum absolute atomic E-state index is 0.0160. The van der Waals surface area contributed by atoms with Gasteiger partial charge in [0, 0.05) is 35.7 Å². The molecule has 9 nitrogen and oxygen atoms in total. The van der Waals surface area contributed by atoms with E-state index in [-0.39, 0.29) is 45.5 Å². The Kier molecular flexibility index (Phi) is 5.71. The van der Waals surface area contributed by atoms with E-state index in [2.05, 4.69) is 0 Å². The average molecular weight is 483 g/mol. The van der Waals surface area contributed by atoms with Crippen LogP contribution in [0.5, 0.6) is 11.5 Å². The molecule has 2 unspecified atom stereocenters. The number of phenols is 1. The van der Waals surface area contributed by atoms with Crippen LogP contribution in [-0.2, 0) is 4.57 Å². The van der Waals surface area contributed by atoms with Crippen LogP contribution in [0.2, 0.25) is 5.02 Å². The number of likely N-dealkylation sites (tertiary alicyclic amines) is 1. The summed E-state index contributed by atoms with van der Waals surface area (Å²) in [6, 6.07) is 6.54. The van der Waals surface area contributed by atoms with Crippen LogP contribution in [0.1, 0.15) is 19.3 Å². The zero-order chi connectivity index (χ0) is 24.1. The standard InChI is InChI=1S/C21H21ClNO8P/c1-23-7-6-12(16(26)10-23)19-18(31-32(27,28)29)9-15(25)20-14(24)8-17(30-21(19)20)11-4-2-3-5-13(11)22/h2-5,8-9,12,16,25-26H,6-7,10H2,1H3,(H2,27,28,29)/i4D. The Morgan fingerprint density at radius 2 is 2.09 bits per heavy atom. The largest absolute Gasteiger partial charge is 0.524 e. The molecule has 1 aromatic heterocycles. The van der Waals surface area contributed by atoms with Gasteiger partial charge in [0.05, 0.1) is 12.5 Å². The molecule has 0 radical (unpaired) electrons. The van der Waals surface area contributed by atoms with Crippen molar-refractivity contribution in [2.24, 2.45) is 0 Å². The smallest absolute Gasteiger partial charge is 0.507 e. The highest BCUT2D eigenvalue weighted by molar-refractivity contribution is 7.46. The maximum Gasteiger partial charge on any atom is 0.524 e. The molecule has 2 atom stereocenters. The second-order valence-corrected chi connectivity index (χ2v) is 9.26. The molecule has 3 aromatic rings. The first-order valence-electron chi connectivity index (χ1n) is 10.2. The number of hydrogen-bond acceptors (Lipinski definition) is 7. The predicted molar refractivity (Wildman–Crippen MR) is 118 cm³/mol. The van der Waals surface area contributed by atoms with Crippen molar-refractivity contribution in [2.75, 3.05) is 20.1 Å². The van der Waals surface area contributed by atoms with E-state index in [4.69, 9.17) is 21.9 Å². The molecule has 1 aliphatic heterocycles.